The molecule has 0 aliphatic carbocycles. The van der Waals surface area contributed by atoms with Crippen molar-refractivity contribution >= 4 is 11.4 Å². The van der Waals surface area contributed by atoms with Gasteiger partial charge in [0.15, 0.2) is 5.82 Å². The molecule has 0 saturated carbocycles. The van der Waals surface area contributed by atoms with Crippen LogP contribution >= 0.6 is 0 Å². The maximum atomic E-state index is 5.75. The molecule has 0 spiro atoms. The summed E-state index contributed by atoms with van der Waals surface area (Å²) < 4.78 is 0. The van der Waals surface area contributed by atoms with Gasteiger partial charge >= 0.3 is 0 Å². The van der Waals surface area contributed by atoms with Crippen molar-refractivity contribution in [1.29, 1.82) is 0 Å². The molecule has 2 aliphatic rings. The summed E-state index contributed by atoms with van der Waals surface area (Å²) in [6.07, 6.45) is 0.934. The topological polar surface area (TPSA) is 55.7 Å². The van der Waals surface area contributed by atoms with Crippen LogP contribution in [0.3, 0.4) is 0 Å². The number of rotatable bonds is 1. The SMILES string of the molecule is NC1=C2CCN(c3ccccc3)CC2=N[N]1. The van der Waals surface area contributed by atoms with E-state index in [-0.39, 0.29) is 0 Å². The average molecular weight is 213 g/mol. The zero-order chi connectivity index (χ0) is 11.0. The zero-order valence-corrected chi connectivity index (χ0v) is 8.93. The molecule has 2 N–H and O–H groups in total. The number of benzene rings is 1. The Labute approximate surface area is 94.4 Å². The number of fused-ring (bicyclic) bond motifs is 1. The summed E-state index contributed by atoms with van der Waals surface area (Å²) in [4.78, 5) is 2.30. The van der Waals surface area contributed by atoms with Crippen LogP contribution in [0.2, 0.25) is 0 Å². The van der Waals surface area contributed by atoms with Crippen LogP contribution in [-0.2, 0) is 0 Å². The fourth-order valence-electron chi connectivity index (χ4n) is 2.15. The second kappa shape index (κ2) is 3.56. The van der Waals surface area contributed by atoms with E-state index in [1.165, 1.54) is 5.69 Å². The van der Waals surface area contributed by atoms with E-state index in [0.29, 0.717) is 5.82 Å². The van der Waals surface area contributed by atoms with Crippen LogP contribution in [0.5, 0.6) is 0 Å². The van der Waals surface area contributed by atoms with E-state index >= 15 is 0 Å². The minimum atomic E-state index is 0.600. The smallest absolute Gasteiger partial charge is 0.151 e. The Morgan fingerprint density at radius 2 is 2.00 bits per heavy atom. The lowest BCUT2D eigenvalue weighted by Gasteiger charge is -2.29. The molecule has 0 bridgehead atoms. The van der Waals surface area contributed by atoms with Gasteiger partial charge < -0.3 is 10.6 Å². The molecule has 1 radical (unpaired) electrons. The van der Waals surface area contributed by atoms with Crippen LogP contribution in [0.15, 0.2) is 46.8 Å². The minimum Gasteiger partial charge on any atom is -0.382 e. The van der Waals surface area contributed by atoms with Crippen LogP contribution in [0, 0.1) is 0 Å². The van der Waals surface area contributed by atoms with Crippen molar-refractivity contribution in [2.75, 3.05) is 18.0 Å². The first-order chi connectivity index (χ1) is 7.84. The highest BCUT2D eigenvalue weighted by atomic mass is 15.4. The van der Waals surface area contributed by atoms with Gasteiger partial charge in [0.25, 0.3) is 0 Å². The predicted octanol–water partition coefficient (Wildman–Crippen LogP) is 1.04. The summed E-state index contributed by atoms with van der Waals surface area (Å²) in [7, 11) is 0. The number of nitrogens with zero attached hydrogens (tertiary/aromatic N) is 3. The lowest BCUT2D eigenvalue weighted by Crippen LogP contribution is -2.36. The van der Waals surface area contributed by atoms with Crippen LogP contribution in [0.25, 0.3) is 0 Å². The predicted molar refractivity (Wildman–Crippen MR) is 64.1 cm³/mol. The third-order valence-corrected chi connectivity index (χ3v) is 3.03. The molecule has 0 amide bonds. The van der Waals surface area contributed by atoms with Gasteiger partial charge in [-0.1, -0.05) is 18.2 Å². The van der Waals surface area contributed by atoms with Crippen molar-refractivity contribution in [3.05, 3.63) is 41.7 Å². The summed E-state index contributed by atoms with van der Waals surface area (Å²) in [5.74, 6) is 0.600. The highest BCUT2D eigenvalue weighted by Gasteiger charge is 2.26. The second-order valence-electron chi connectivity index (χ2n) is 4.02. The van der Waals surface area contributed by atoms with Crippen LogP contribution in [-0.4, -0.2) is 18.8 Å². The molecule has 1 aromatic carbocycles. The fraction of sp³-hybridized carbons (Fsp3) is 0.250. The molecule has 1 saturated heterocycles. The van der Waals surface area contributed by atoms with Crippen molar-refractivity contribution in [3.8, 4) is 0 Å². The standard InChI is InChI=1S/C12H13N4/c13-12-10-6-7-16(8-11(10)14-15-12)9-4-2-1-3-5-9/h1-5H,6-8,13H2. The molecule has 0 atom stereocenters. The Kier molecular flexibility index (Phi) is 2.06. The van der Waals surface area contributed by atoms with Gasteiger partial charge in [0.05, 0.1) is 12.3 Å². The number of nitrogens with two attached hydrogens (primary N) is 1. The molecule has 4 heteroatoms. The molecule has 0 aromatic heterocycles. The summed E-state index contributed by atoms with van der Waals surface area (Å²) in [5.41, 5.74) is 13.1. The normalized spacial score (nSPS) is 19.2. The largest absolute Gasteiger partial charge is 0.382 e. The summed E-state index contributed by atoms with van der Waals surface area (Å²) in [6, 6.07) is 10.4. The van der Waals surface area contributed by atoms with Gasteiger partial charge in [0.2, 0.25) is 0 Å². The third-order valence-electron chi connectivity index (χ3n) is 3.03. The van der Waals surface area contributed by atoms with E-state index in [0.717, 1.165) is 30.8 Å². The molecule has 1 fully saturated rings. The van der Waals surface area contributed by atoms with Gasteiger partial charge in [-0.15, -0.1) is 5.43 Å². The number of anilines is 1. The molecular formula is C12H13N4. The molecule has 1 aromatic rings. The first-order valence-electron chi connectivity index (χ1n) is 5.41. The maximum absolute atomic E-state index is 5.75. The Morgan fingerprint density at radius 1 is 1.19 bits per heavy atom. The molecular weight excluding hydrogens is 200 g/mol. The summed E-state index contributed by atoms with van der Waals surface area (Å²) in [6.45, 7) is 1.79. The summed E-state index contributed by atoms with van der Waals surface area (Å²) >= 11 is 0. The molecule has 2 heterocycles. The molecule has 3 rings (SSSR count). The van der Waals surface area contributed by atoms with Crippen molar-refractivity contribution in [2.24, 2.45) is 10.8 Å². The Morgan fingerprint density at radius 3 is 2.81 bits per heavy atom. The first kappa shape index (κ1) is 9.27. The van der Waals surface area contributed by atoms with E-state index in [9.17, 15) is 0 Å². The van der Waals surface area contributed by atoms with Crippen molar-refractivity contribution < 1.29 is 0 Å². The van der Waals surface area contributed by atoms with Gasteiger partial charge in [0.1, 0.15) is 0 Å². The van der Waals surface area contributed by atoms with Crippen molar-refractivity contribution in [2.45, 2.75) is 6.42 Å². The van der Waals surface area contributed by atoms with E-state index in [4.69, 9.17) is 5.73 Å². The van der Waals surface area contributed by atoms with Crippen LogP contribution < -0.4 is 16.1 Å². The Bertz CT molecular complexity index is 461. The molecule has 2 aliphatic heterocycles. The van der Waals surface area contributed by atoms with Gasteiger partial charge in [-0.2, -0.15) is 5.10 Å². The summed E-state index contributed by atoms with van der Waals surface area (Å²) in [5, 5.41) is 4.12. The Balaban J connectivity index is 1.84. The van der Waals surface area contributed by atoms with E-state index in [1.807, 2.05) is 6.07 Å². The van der Waals surface area contributed by atoms with Gasteiger partial charge in [-0.05, 0) is 18.6 Å². The minimum absolute atomic E-state index is 0.600. The average Bonchev–Trinajstić information content (AvgIpc) is 2.72. The maximum Gasteiger partial charge on any atom is 0.151 e. The quantitative estimate of drug-likeness (QED) is 0.757. The van der Waals surface area contributed by atoms with Crippen molar-refractivity contribution in [1.82, 2.24) is 5.43 Å². The van der Waals surface area contributed by atoms with Crippen molar-refractivity contribution in [3.63, 3.8) is 0 Å². The molecule has 81 valence electrons. The Hall–Kier alpha value is -1.97. The van der Waals surface area contributed by atoms with E-state index < -0.39 is 0 Å². The fourth-order valence-corrected chi connectivity index (χ4v) is 2.15. The number of hydrogen-bond acceptors (Lipinski definition) is 3. The molecule has 16 heavy (non-hydrogen) atoms. The van der Waals surface area contributed by atoms with E-state index in [2.05, 4.69) is 39.7 Å². The lowest BCUT2D eigenvalue weighted by molar-refractivity contribution is 0.817. The second-order valence-corrected chi connectivity index (χ2v) is 4.02. The van der Waals surface area contributed by atoms with Crippen LogP contribution in [0.4, 0.5) is 5.69 Å². The first-order valence-corrected chi connectivity index (χ1v) is 5.41. The zero-order valence-electron chi connectivity index (χ0n) is 8.93. The van der Waals surface area contributed by atoms with E-state index in [1.54, 1.807) is 0 Å². The van der Waals surface area contributed by atoms with Crippen LogP contribution in [0.1, 0.15) is 6.42 Å². The third kappa shape index (κ3) is 1.43. The highest BCUT2D eigenvalue weighted by molar-refractivity contribution is 6.05. The number of para-hydroxylation sites is 1. The van der Waals surface area contributed by atoms with Gasteiger partial charge in [-0.25, -0.2) is 0 Å². The van der Waals surface area contributed by atoms with Gasteiger partial charge in [-0.3, -0.25) is 0 Å². The molecule has 0 unspecified atom stereocenters. The monoisotopic (exact) mass is 213 g/mol. The lowest BCUT2D eigenvalue weighted by atomic mass is 10.0. The van der Waals surface area contributed by atoms with Gasteiger partial charge in [0, 0.05) is 17.8 Å². The molecule has 4 nitrogen and oxygen atoms in total. The number of piperidine rings is 1. The number of hydrogen-bond donors (Lipinski definition) is 1. The highest BCUT2D eigenvalue weighted by Crippen LogP contribution is 2.24.